The molecule has 0 aromatic heterocycles. The van der Waals surface area contributed by atoms with Gasteiger partial charge in [-0.2, -0.15) is 13.2 Å². The van der Waals surface area contributed by atoms with Crippen molar-refractivity contribution < 1.29 is 22.7 Å². The number of halogens is 3. The summed E-state index contributed by atoms with van der Waals surface area (Å²) in [4.78, 5) is 11.5. The Balaban J connectivity index is 2.68. The molecule has 2 atom stereocenters. The molecule has 0 unspecified atom stereocenters. The van der Waals surface area contributed by atoms with Gasteiger partial charge in [0.15, 0.2) is 0 Å². The first kappa shape index (κ1) is 15.3. The van der Waals surface area contributed by atoms with Crippen molar-refractivity contribution >= 4 is 5.97 Å². The number of hydrogen-bond donors (Lipinski definition) is 1. The van der Waals surface area contributed by atoms with Crippen LogP contribution < -0.4 is 5.73 Å². The van der Waals surface area contributed by atoms with E-state index < -0.39 is 24.1 Å². The van der Waals surface area contributed by atoms with E-state index in [2.05, 4.69) is 4.74 Å². The third-order valence-corrected chi connectivity index (χ3v) is 3.63. The van der Waals surface area contributed by atoms with Gasteiger partial charge in [0.2, 0.25) is 0 Å². The number of carbonyl (C=O) groups is 1. The van der Waals surface area contributed by atoms with Gasteiger partial charge in [0.05, 0.1) is 13.0 Å². The minimum Gasteiger partial charge on any atom is -0.469 e. The Morgan fingerprint density at radius 2 is 1.89 bits per heavy atom. The molecule has 0 spiro atoms. The molecule has 1 fully saturated rings. The first-order valence-corrected chi connectivity index (χ1v) is 6.26. The van der Waals surface area contributed by atoms with Crippen molar-refractivity contribution in [3.8, 4) is 0 Å². The van der Waals surface area contributed by atoms with Gasteiger partial charge in [0.1, 0.15) is 6.04 Å². The third-order valence-electron chi connectivity index (χ3n) is 3.63. The summed E-state index contributed by atoms with van der Waals surface area (Å²) in [7, 11) is 1.10. The smallest absolute Gasteiger partial charge is 0.404 e. The van der Waals surface area contributed by atoms with E-state index >= 15 is 0 Å². The lowest BCUT2D eigenvalue weighted by atomic mass is 9.80. The number of carbonyl (C=O) groups excluding carboxylic acids is 1. The molecule has 0 aromatic carbocycles. The summed E-state index contributed by atoms with van der Waals surface area (Å²) >= 11 is 0. The molecule has 0 amide bonds. The molecule has 2 N–H and O–H groups in total. The number of nitrogens with two attached hydrogens (primary N) is 1. The van der Waals surface area contributed by atoms with E-state index in [0.717, 1.165) is 39.2 Å². The Morgan fingerprint density at radius 1 is 1.33 bits per heavy atom. The van der Waals surface area contributed by atoms with Crippen LogP contribution in [0.1, 0.15) is 38.5 Å². The lowest BCUT2D eigenvalue weighted by Gasteiger charge is -2.29. The Hall–Kier alpha value is -0.780. The molecule has 18 heavy (non-hydrogen) atoms. The zero-order valence-corrected chi connectivity index (χ0v) is 10.5. The molecule has 0 aliphatic heterocycles. The van der Waals surface area contributed by atoms with E-state index in [1.165, 1.54) is 0 Å². The van der Waals surface area contributed by atoms with E-state index in [-0.39, 0.29) is 12.3 Å². The fraction of sp³-hybridized carbons (Fsp3) is 0.917. The maximum absolute atomic E-state index is 12.6. The number of ether oxygens (including phenoxy) is 1. The highest BCUT2D eigenvalue weighted by Gasteiger charge is 2.46. The molecule has 1 aliphatic rings. The fourth-order valence-electron chi connectivity index (χ4n) is 2.55. The van der Waals surface area contributed by atoms with E-state index in [1.54, 1.807) is 0 Å². The van der Waals surface area contributed by atoms with Crippen LogP contribution in [-0.2, 0) is 9.53 Å². The Bertz CT molecular complexity index is 275. The Kier molecular flexibility index (Phi) is 5.44. The van der Waals surface area contributed by atoms with Crippen molar-refractivity contribution in [1.82, 2.24) is 0 Å². The van der Waals surface area contributed by atoms with Crippen molar-refractivity contribution in [2.75, 3.05) is 7.11 Å². The average Bonchev–Trinajstić information content (AvgIpc) is 2.34. The SMILES string of the molecule is COC(=O)[C@@H](CC1CCCCC1)[C@H](N)C(F)(F)F. The molecule has 0 heterocycles. The van der Waals surface area contributed by atoms with Crippen LogP contribution in [0.3, 0.4) is 0 Å². The van der Waals surface area contributed by atoms with Crippen LogP contribution in [0, 0.1) is 11.8 Å². The van der Waals surface area contributed by atoms with Crippen molar-refractivity contribution in [3.63, 3.8) is 0 Å². The highest BCUT2D eigenvalue weighted by atomic mass is 19.4. The van der Waals surface area contributed by atoms with Crippen LogP contribution in [0.25, 0.3) is 0 Å². The van der Waals surface area contributed by atoms with Crippen molar-refractivity contribution in [2.45, 2.75) is 50.7 Å². The predicted octanol–water partition coefficient (Wildman–Crippen LogP) is 2.64. The molecule has 3 nitrogen and oxygen atoms in total. The topological polar surface area (TPSA) is 52.3 Å². The molecule has 0 radical (unpaired) electrons. The standard InChI is InChI=1S/C12H20F3NO2/c1-18-11(17)9(10(16)12(13,14)15)7-8-5-3-2-4-6-8/h8-10H,2-7,16H2,1H3/t9-,10-/m0/s1. The predicted molar refractivity (Wildman–Crippen MR) is 60.7 cm³/mol. The first-order chi connectivity index (χ1) is 8.36. The maximum Gasteiger partial charge on any atom is 0.404 e. The van der Waals surface area contributed by atoms with Gasteiger partial charge in [-0.3, -0.25) is 4.79 Å². The minimum atomic E-state index is -4.56. The molecular weight excluding hydrogens is 247 g/mol. The van der Waals surface area contributed by atoms with Gasteiger partial charge < -0.3 is 10.5 Å². The van der Waals surface area contributed by atoms with E-state index in [9.17, 15) is 18.0 Å². The summed E-state index contributed by atoms with van der Waals surface area (Å²) in [5.74, 6) is -1.99. The summed E-state index contributed by atoms with van der Waals surface area (Å²) < 4.78 is 42.3. The number of hydrogen-bond acceptors (Lipinski definition) is 3. The fourth-order valence-corrected chi connectivity index (χ4v) is 2.55. The maximum atomic E-state index is 12.6. The number of alkyl halides is 3. The lowest BCUT2D eigenvalue weighted by molar-refractivity contribution is -0.176. The summed E-state index contributed by atoms with van der Waals surface area (Å²) in [6.07, 6.45) is 0.501. The first-order valence-electron chi connectivity index (χ1n) is 6.26. The number of esters is 1. The third kappa shape index (κ3) is 4.15. The summed E-state index contributed by atoms with van der Waals surface area (Å²) in [5.41, 5.74) is 5.16. The second kappa shape index (κ2) is 6.41. The largest absolute Gasteiger partial charge is 0.469 e. The second-order valence-corrected chi connectivity index (χ2v) is 4.94. The summed E-state index contributed by atoms with van der Waals surface area (Å²) in [5, 5.41) is 0. The van der Waals surface area contributed by atoms with Crippen molar-refractivity contribution in [3.05, 3.63) is 0 Å². The molecule has 0 bridgehead atoms. The average molecular weight is 267 g/mol. The number of methoxy groups -OCH3 is 1. The monoisotopic (exact) mass is 267 g/mol. The van der Waals surface area contributed by atoms with Crippen molar-refractivity contribution in [1.29, 1.82) is 0 Å². The highest BCUT2D eigenvalue weighted by Crippen LogP contribution is 2.34. The molecule has 106 valence electrons. The molecule has 6 heteroatoms. The van der Waals surface area contributed by atoms with Crippen LogP contribution in [0.15, 0.2) is 0 Å². The Morgan fingerprint density at radius 3 is 2.33 bits per heavy atom. The molecule has 0 saturated heterocycles. The number of rotatable bonds is 4. The zero-order chi connectivity index (χ0) is 13.8. The molecular formula is C12H20F3NO2. The van der Waals surface area contributed by atoms with Crippen molar-refractivity contribution in [2.24, 2.45) is 17.6 Å². The highest BCUT2D eigenvalue weighted by molar-refractivity contribution is 5.73. The van der Waals surface area contributed by atoms with Gasteiger partial charge in [0, 0.05) is 0 Å². The van der Waals surface area contributed by atoms with Gasteiger partial charge in [-0.25, -0.2) is 0 Å². The van der Waals surface area contributed by atoms with Gasteiger partial charge in [-0.1, -0.05) is 32.1 Å². The summed E-state index contributed by atoms with van der Waals surface area (Å²) in [6.45, 7) is 0. The zero-order valence-electron chi connectivity index (χ0n) is 10.5. The van der Waals surface area contributed by atoms with Gasteiger partial charge in [-0.15, -0.1) is 0 Å². The molecule has 0 aromatic rings. The van der Waals surface area contributed by atoms with E-state index in [0.29, 0.717) is 0 Å². The van der Waals surface area contributed by atoms with Crippen LogP contribution in [0.2, 0.25) is 0 Å². The normalized spacial score (nSPS) is 21.4. The van der Waals surface area contributed by atoms with Gasteiger partial charge in [-0.05, 0) is 12.3 Å². The molecule has 1 saturated carbocycles. The van der Waals surface area contributed by atoms with Crippen LogP contribution in [-0.4, -0.2) is 25.3 Å². The van der Waals surface area contributed by atoms with Gasteiger partial charge in [0.25, 0.3) is 0 Å². The molecule has 1 rings (SSSR count). The van der Waals surface area contributed by atoms with Crippen LogP contribution >= 0.6 is 0 Å². The Labute approximate surface area is 105 Å². The summed E-state index contributed by atoms with van der Waals surface area (Å²) in [6, 6.07) is -2.13. The van der Waals surface area contributed by atoms with E-state index in [4.69, 9.17) is 5.73 Å². The lowest BCUT2D eigenvalue weighted by Crippen LogP contribution is -2.48. The van der Waals surface area contributed by atoms with Gasteiger partial charge >= 0.3 is 12.1 Å². The molecule has 1 aliphatic carbocycles. The van der Waals surface area contributed by atoms with E-state index in [1.807, 2.05) is 0 Å². The van der Waals surface area contributed by atoms with Crippen LogP contribution in [0.5, 0.6) is 0 Å². The van der Waals surface area contributed by atoms with Crippen LogP contribution in [0.4, 0.5) is 13.2 Å². The second-order valence-electron chi connectivity index (χ2n) is 4.94. The minimum absolute atomic E-state index is 0.149. The quantitative estimate of drug-likeness (QED) is 0.797.